The van der Waals surface area contributed by atoms with E-state index in [4.69, 9.17) is 0 Å². The molecule has 0 saturated carbocycles. The quantitative estimate of drug-likeness (QED) is 0.612. The smallest absolute Gasteiger partial charge is 0.319 e. The fourth-order valence-corrected chi connectivity index (χ4v) is 4.96. The first-order valence-corrected chi connectivity index (χ1v) is 10.7. The molecular formula is C24H23N3O4. The van der Waals surface area contributed by atoms with E-state index in [9.17, 15) is 19.2 Å². The highest BCUT2D eigenvalue weighted by Crippen LogP contribution is 2.40. The van der Waals surface area contributed by atoms with Crippen LogP contribution in [0, 0.1) is 0 Å². The predicted molar refractivity (Wildman–Crippen MR) is 114 cm³/mol. The van der Waals surface area contributed by atoms with E-state index in [1.54, 1.807) is 29.2 Å². The Bertz CT molecular complexity index is 1110. The number of Topliss-reactive ketones (excluding diaryl/α,β-unsaturated/α-hetero) is 1. The number of anilines is 1. The van der Waals surface area contributed by atoms with E-state index < -0.39 is 11.6 Å². The van der Waals surface area contributed by atoms with Gasteiger partial charge in [0.1, 0.15) is 5.54 Å². The van der Waals surface area contributed by atoms with Crippen LogP contribution in [-0.2, 0) is 21.5 Å². The van der Waals surface area contributed by atoms with Crippen LogP contribution in [0.2, 0.25) is 0 Å². The lowest BCUT2D eigenvalue weighted by Gasteiger charge is -2.33. The molecule has 2 fully saturated rings. The summed E-state index contributed by atoms with van der Waals surface area (Å²) < 4.78 is 0. The molecule has 1 atom stereocenters. The molecule has 2 saturated heterocycles. The minimum Gasteiger partial charge on any atom is -0.319 e. The van der Waals surface area contributed by atoms with Crippen LogP contribution in [0.3, 0.4) is 0 Å². The van der Waals surface area contributed by atoms with Gasteiger partial charge >= 0.3 is 6.03 Å². The largest absolute Gasteiger partial charge is 0.325 e. The Morgan fingerprint density at radius 2 is 1.84 bits per heavy atom. The molecule has 7 heteroatoms. The number of fused-ring (bicyclic) bond motifs is 2. The predicted octanol–water partition coefficient (Wildman–Crippen LogP) is 2.78. The summed E-state index contributed by atoms with van der Waals surface area (Å²) in [5.74, 6) is -0.668. The van der Waals surface area contributed by atoms with Gasteiger partial charge in [0.25, 0.3) is 5.91 Å². The Balaban J connectivity index is 1.39. The average Bonchev–Trinajstić information content (AvgIpc) is 3.31. The third kappa shape index (κ3) is 3.12. The number of imide groups is 1. The van der Waals surface area contributed by atoms with Gasteiger partial charge in [0, 0.05) is 24.2 Å². The Labute approximate surface area is 180 Å². The van der Waals surface area contributed by atoms with Gasteiger partial charge < -0.3 is 10.2 Å². The van der Waals surface area contributed by atoms with Crippen molar-refractivity contribution in [2.45, 2.75) is 37.6 Å². The number of carbonyl (C=O) groups is 4. The molecule has 0 radical (unpaired) electrons. The Kier molecular flexibility index (Phi) is 4.61. The lowest BCUT2D eigenvalue weighted by atomic mass is 9.76. The highest BCUT2D eigenvalue weighted by molar-refractivity contribution is 6.12. The number of ketones is 1. The fourth-order valence-electron chi connectivity index (χ4n) is 4.96. The van der Waals surface area contributed by atoms with E-state index in [1.807, 2.05) is 24.3 Å². The first kappa shape index (κ1) is 19.5. The minimum absolute atomic E-state index is 0.0385. The highest BCUT2D eigenvalue weighted by Gasteiger charge is 2.54. The van der Waals surface area contributed by atoms with Gasteiger partial charge in [-0.2, -0.15) is 0 Å². The molecule has 1 spiro atoms. The van der Waals surface area contributed by atoms with Gasteiger partial charge in [-0.15, -0.1) is 0 Å². The van der Waals surface area contributed by atoms with Crippen molar-refractivity contribution in [2.75, 3.05) is 18.0 Å². The van der Waals surface area contributed by atoms with Gasteiger partial charge in [-0.1, -0.05) is 36.4 Å². The third-order valence-corrected chi connectivity index (χ3v) is 6.51. The number of nitrogens with one attached hydrogen (secondary N) is 1. The molecule has 2 aromatic rings. The number of benzene rings is 2. The Morgan fingerprint density at radius 3 is 2.65 bits per heavy atom. The molecule has 1 aliphatic carbocycles. The maximum Gasteiger partial charge on any atom is 0.325 e. The molecule has 158 valence electrons. The lowest BCUT2D eigenvalue weighted by molar-refractivity contribution is -0.131. The number of aryl methyl sites for hydroxylation is 1. The number of hydrogen-bond donors (Lipinski definition) is 1. The second kappa shape index (κ2) is 7.34. The van der Waals surface area contributed by atoms with E-state index >= 15 is 0 Å². The van der Waals surface area contributed by atoms with E-state index in [0.29, 0.717) is 30.6 Å². The first-order chi connectivity index (χ1) is 15.0. The Hall–Kier alpha value is -3.48. The Morgan fingerprint density at radius 1 is 1.00 bits per heavy atom. The van der Waals surface area contributed by atoms with Gasteiger partial charge in [-0.3, -0.25) is 19.3 Å². The molecule has 0 aromatic heterocycles. The van der Waals surface area contributed by atoms with Crippen molar-refractivity contribution >= 4 is 29.3 Å². The second-order valence-electron chi connectivity index (χ2n) is 8.36. The zero-order chi connectivity index (χ0) is 21.6. The van der Waals surface area contributed by atoms with Crippen LogP contribution >= 0.6 is 0 Å². The molecule has 7 nitrogen and oxygen atoms in total. The second-order valence-corrected chi connectivity index (χ2v) is 8.36. The van der Waals surface area contributed by atoms with Crippen LogP contribution in [0.5, 0.6) is 0 Å². The number of urea groups is 1. The SMILES string of the molecule is O=C(CN1C(=O)NC2(CCCc3ccccc32)C1=O)c1cccc(N2CCCC2=O)c1. The monoisotopic (exact) mass is 417 g/mol. The topological polar surface area (TPSA) is 86.8 Å². The maximum atomic E-state index is 13.4. The van der Waals surface area contributed by atoms with Gasteiger partial charge in [0.2, 0.25) is 5.91 Å². The van der Waals surface area contributed by atoms with Crippen molar-refractivity contribution in [1.29, 1.82) is 0 Å². The van der Waals surface area contributed by atoms with E-state index in [0.717, 1.165) is 35.3 Å². The van der Waals surface area contributed by atoms with Gasteiger partial charge in [-0.05, 0) is 48.9 Å². The summed E-state index contributed by atoms with van der Waals surface area (Å²) in [7, 11) is 0. The van der Waals surface area contributed by atoms with Crippen molar-refractivity contribution in [2.24, 2.45) is 0 Å². The molecule has 0 bridgehead atoms. The van der Waals surface area contributed by atoms with E-state index in [1.165, 1.54) is 0 Å². The highest BCUT2D eigenvalue weighted by atomic mass is 16.2. The van der Waals surface area contributed by atoms with Crippen LogP contribution in [0.1, 0.15) is 47.2 Å². The normalized spacial score (nSPS) is 22.8. The number of amides is 4. The summed E-state index contributed by atoms with van der Waals surface area (Å²) in [6.07, 6.45) is 3.47. The maximum absolute atomic E-state index is 13.4. The molecular weight excluding hydrogens is 394 g/mol. The summed E-state index contributed by atoms with van der Waals surface area (Å²) in [6, 6.07) is 13.9. The van der Waals surface area contributed by atoms with Crippen LogP contribution in [0.25, 0.3) is 0 Å². The van der Waals surface area contributed by atoms with Gasteiger partial charge in [-0.25, -0.2) is 4.79 Å². The minimum atomic E-state index is -1.09. The van der Waals surface area contributed by atoms with Crippen LogP contribution in [0.4, 0.5) is 10.5 Å². The number of rotatable bonds is 4. The van der Waals surface area contributed by atoms with Crippen molar-refractivity contribution in [1.82, 2.24) is 10.2 Å². The zero-order valence-electron chi connectivity index (χ0n) is 17.1. The van der Waals surface area contributed by atoms with Crippen LogP contribution in [0.15, 0.2) is 48.5 Å². The average molecular weight is 417 g/mol. The summed E-state index contributed by atoms with van der Waals surface area (Å²) in [4.78, 5) is 53.8. The van der Waals surface area contributed by atoms with Gasteiger partial charge in [0.05, 0.1) is 6.54 Å². The summed E-state index contributed by atoms with van der Waals surface area (Å²) >= 11 is 0. The molecule has 1 N–H and O–H groups in total. The van der Waals surface area contributed by atoms with Crippen molar-refractivity contribution in [3.63, 3.8) is 0 Å². The lowest BCUT2D eigenvalue weighted by Crippen LogP contribution is -2.46. The van der Waals surface area contributed by atoms with Crippen LogP contribution < -0.4 is 10.2 Å². The molecule has 3 aliphatic rings. The summed E-state index contributed by atoms with van der Waals surface area (Å²) in [5.41, 5.74) is 1.84. The van der Waals surface area contributed by atoms with E-state index in [-0.39, 0.29) is 24.1 Å². The molecule has 4 amide bonds. The van der Waals surface area contributed by atoms with Crippen molar-refractivity contribution in [3.8, 4) is 0 Å². The molecule has 5 rings (SSSR count). The molecule has 2 aromatic carbocycles. The molecule has 2 aliphatic heterocycles. The molecule has 31 heavy (non-hydrogen) atoms. The number of carbonyl (C=O) groups excluding carboxylic acids is 4. The van der Waals surface area contributed by atoms with E-state index in [2.05, 4.69) is 5.32 Å². The molecule has 1 unspecified atom stereocenters. The van der Waals surface area contributed by atoms with Crippen LogP contribution in [-0.4, -0.2) is 41.6 Å². The summed E-state index contributed by atoms with van der Waals surface area (Å²) in [6.45, 7) is 0.303. The number of nitrogens with zero attached hydrogens (tertiary/aromatic N) is 2. The first-order valence-electron chi connectivity index (χ1n) is 10.7. The standard InChI is InChI=1S/C24H23N3O4/c28-20(17-7-3-9-18(14-17)26-13-5-11-21(26)29)15-27-22(30)24(25-23(27)31)12-4-8-16-6-1-2-10-19(16)24/h1-3,6-7,9-10,14H,4-5,8,11-13,15H2,(H,25,31). The van der Waals surface area contributed by atoms with Crippen molar-refractivity contribution in [3.05, 3.63) is 65.2 Å². The number of hydrogen-bond acceptors (Lipinski definition) is 4. The molecule has 2 heterocycles. The zero-order valence-corrected chi connectivity index (χ0v) is 17.1. The van der Waals surface area contributed by atoms with Gasteiger partial charge in [0.15, 0.2) is 5.78 Å². The third-order valence-electron chi connectivity index (χ3n) is 6.51. The summed E-state index contributed by atoms with van der Waals surface area (Å²) in [5, 5.41) is 2.88. The van der Waals surface area contributed by atoms with Crippen molar-refractivity contribution < 1.29 is 19.2 Å². The fraction of sp³-hybridized carbons (Fsp3) is 0.333.